The van der Waals surface area contributed by atoms with E-state index < -0.39 is 6.10 Å². The summed E-state index contributed by atoms with van der Waals surface area (Å²) in [5.74, 6) is 0.144. The molecule has 0 aliphatic carbocycles. The number of fused-ring (bicyclic) bond motifs is 1. The van der Waals surface area contributed by atoms with Gasteiger partial charge in [0.25, 0.3) is 0 Å². The summed E-state index contributed by atoms with van der Waals surface area (Å²) in [4.78, 5) is 7.27. The van der Waals surface area contributed by atoms with Crippen LogP contribution in [0.5, 0.6) is 5.75 Å². The molecule has 0 bridgehead atoms. The van der Waals surface area contributed by atoms with Crippen LogP contribution in [0.2, 0.25) is 0 Å². The first-order valence-electron chi connectivity index (χ1n) is 8.18. The molecule has 2 aromatic heterocycles. The van der Waals surface area contributed by atoms with Crippen molar-refractivity contribution in [1.82, 2.24) is 9.97 Å². The molecule has 0 aliphatic rings. The minimum absolute atomic E-state index is 0.144. The Labute approximate surface area is 145 Å². The summed E-state index contributed by atoms with van der Waals surface area (Å²) >= 11 is 0. The first-order chi connectivity index (χ1) is 12.2. The van der Waals surface area contributed by atoms with Crippen molar-refractivity contribution in [3.05, 3.63) is 84.3 Å². The predicted molar refractivity (Wildman–Crippen MR) is 98.3 cm³/mol. The Kier molecular flexibility index (Phi) is 3.96. The van der Waals surface area contributed by atoms with Gasteiger partial charge in [0.05, 0.1) is 6.10 Å². The zero-order chi connectivity index (χ0) is 17.2. The van der Waals surface area contributed by atoms with Crippen LogP contribution in [0.25, 0.3) is 22.0 Å². The number of aliphatic hydroxyl groups excluding tert-OH is 1. The topological polar surface area (TPSA) is 69.1 Å². The fourth-order valence-corrected chi connectivity index (χ4v) is 3.18. The first-order valence-corrected chi connectivity index (χ1v) is 8.18. The van der Waals surface area contributed by atoms with Crippen molar-refractivity contribution in [1.29, 1.82) is 0 Å². The van der Waals surface area contributed by atoms with E-state index in [9.17, 15) is 10.2 Å². The highest BCUT2D eigenvalue weighted by Crippen LogP contribution is 2.33. The molecule has 4 nitrogen and oxygen atoms in total. The van der Waals surface area contributed by atoms with Crippen molar-refractivity contribution >= 4 is 10.9 Å². The van der Waals surface area contributed by atoms with Crippen LogP contribution in [0.15, 0.2) is 73.2 Å². The molecule has 0 amide bonds. The van der Waals surface area contributed by atoms with Crippen LogP contribution in [0.4, 0.5) is 0 Å². The van der Waals surface area contributed by atoms with Gasteiger partial charge in [-0.2, -0.15) is 0 Å². The fraction of sp³-hybridized carbons (Fsp3) is 0.0952. The van der Waals surface area contributed by atoms with Crippen LogP contribution in [-0.4, -0.2) is 20.2 Å². The lowest BCUT2D eigenvalue weighted by Crippen LogP contribution is -2.02. The SMILES string of the molecule is Oc1cc(-c2cccc3[nH]ccc23)cc(C(O)Cc2cccnc2)c1. The highest BCUT2D eigenvalue weighted by Gasteiger charge is 2.13. The molecule has 124 valence electrons. The highest BCUT2D eigenvalue weighted by atomic mass is 16.3. The molecule has 1 atom stereocenters. The van der Waals surface area contributed by atoms with E-state index in [1.165, 1.54) is 0 Å². The van der Waals surface area contributed by atoms with E-state index >= 15 is 0 Å². The zero-order valence-electron chi connectivity index (χ0n) is 13.6. The molecule has 3 N–H and O–H groups in total. The number of rotatable bonds is 4. The average Bonchev–Trinajstić information content (AvgIpc) is 3.10. The number of hydrogen-bond acceptors (Lipinski definition) is 3. The van der Waals surface area contributed by atoms with Crippen molar-refractivity contribution < 1.29 is 10.2 Å². The molecule has 2 heterocycles. The number of aromatic amines is 1. The van der Waals surface area contributed by atoms with Gasteiger partial charge >= 0.3 is 0 Å². The van der Waals surface area contributed by atoms with Crippen LogP contribution in [-0.2, 0) is 6.42 Å². The van der Waals surface area contributed by atoms with Gasteiger partial charge in [0, 0.05) is 35.9 Å². The summed E-state index contributed by atoms with van der Waals surface area (Å²) in [6.45, 7) is 0. The lowest BCUT2D eigenvalue weighted by atomic mass is 9.95. The number of H-pyrrole nitrogens is 1. The number of aliphatic hydroxyl groups is 1. The largest absolute Gasteiger partial charge is 0.508 e. The van der Waals surface area contributed by atoms with Gasteiger partial charge in [-0.25, -0.2) is 0 Å². The van der Waals surface area contributed by atoms with Gasteiger partial charge in [0.1, 0.15) is 5.75 Å². The Bertz CT molecular complexity index is 1010. The minimum Gasteiger partial charge on any atom is -0.508 e. The quantitative estimate of drug-likeness (QED) is 0.525. The summed E-state index contributed by atoms with van der Waals surface area (Å²) in [5, 5.41) is 21.8. The summed E-state index contributed by atoms with van der Waals surface area (Å²) < 4.78 is 0. The second-order valence-electron chi connectivity index (χ2n) is 6.14. The standard InChI is InChI=1S/C21H18N2O2/c24-17-11-15(18-4-1-5-20-19(18)6-8-23-20)10-16(12-17)21(25)9-14-3-2-7-22-13-14/h1-8,10-13,21,23-25H,9H2. The minimum atomic E-state index is -0.708. The number of aromatic nitrogens is 2. The molecule has 0 saturated carbocycles. The van der Waals surface area contributed by atoms with E-state index in [4.69, 9.17) is 0 Å². The number of phenols is 1. The summed E-state index contributed by atoms with van der Waals surface area (Å²) in [6.07, 6.45) is 5.09. The predicted octanol–water partition coefficient (Wildman–Crippen LogP) is 4.21. The van der Waals surface area contributed by atoms with E-state index in [1.54, 1.807) is 24.5 Å². The molecule has 4 aromatic rings. The van der Waals surface area contributed by atoms with Crippen LogP contribution in [0.3, 0.4) is 0 Å². The summed E-state index contributed by atoms with van der Waals surface area (Å²) in [6, 6.07) is 17.1. The van der Waals surface area contributed by atoms with Crippen molar-refractivity contribution in [2.24, 2.45) is 0 Å². The molecule has 0 aliphatic heterocycles. The number of pyridine rings is 1. The molecule has 0 saturated heterocycles. The van der Waals surface area contributed by atoms with Gasteiger partial charge in [-0.05, 0) is 58.7 Å². The van der Waals surface area contributed by atoms with Gasteiger partial charge < -0.3 is 15.2 Å². The smallest absolute Gasteiger partial charge is 0.116 e. The molecular weight excluding hydrogens is 312 g/mol. The number of nitrogens with one attached hydrogen (secondary N) is 1. The number of hydrogen-bond donors (Lipinski definition) is 3. The summed E-state index contributed by atoms with van der Waals surface area (Å²) in [5.41, 5.74) is 4.58. The molecule has 0 radical (unpaired) electrons. The monoisotopic (exact) mass is 330 g/mol. The third-order valence-corrected chi connectivity index (χ3v) is 4.38. The normalized spacial score (nSPS) is 12.4. The summed E-state index contributed by atoms with van der Waals surface area (Å²) in [7, 11) is 0. The molecular formula is C21H18N2O2. The average molecular weight is 330 g/mol. The Morgan fingerprint density at radius 2 is 1.96 bits per heavy atom. The molecule has 0 spiro atoms. The van der Waals surface area contributed by atoms with Crippen molar-refractivity contribution in [3.63, 3.8) is 0 Å². The maximum atomic E-state index is 10.6. The Hall–Kier alpha value is -3.11. The number of aromatic hydroxyl groups is 1. The molecule has 1 unspecified atom stereocenters. The Balaban J connectivity index is 1.72. The van der Waals surface area contributed by atoms with Gasteiger partial charge in [-0.3, -0.25) is 4.98 Å². The van der Waals surface area contributed by atoms with E-state index in [2.05, 4.69) is 9.97 Å². The van der Waals surface area contributed by atoms with E-state index in [-0.39, 0.29) is 5.75 Å². The number of benzene rings is 2. The zero-order valence-corrected chi connectivity index (χ0v) is 13.6. The fourth-order valence-electron chi connectivity index (χ4n) is 3.18. The van der Waals surface area contributed by atoms with Gasteiger partial charge in [0.2, 0.25) is 0 Å². The highest BCUT2D eigenvalue weighted by molar-refractivity contribution is 5.95. The van der Waals surface area contributed by atoms with Gasteiger partial charge in [-0.15, -0.1) is 0 Å². The molecule has 0 fully saturated rings. The van der Waals surface area contributed by atoms with E-state index in [0.717, 1.165) is 27.6 Å². The van der Waals surface area contributed by atoms with Crippen molar-refractivity contribution in [2.45, 2.75) is 12.5 Å². The molecule has 25 heavy (non-hydrogen) atoms. The lowest BCUT2D eigenvalue weighted by molar-refractivity contribution is 0.178. The maximum absolute atomic E-state index is 10.6. The third kappa shape index (κ3) is 3.12. The first kappa shape index (κ1) is 15.4. The van der Waals surface area contributed by atoms with Crippen molar-refractivity contribution in [3.8, 4) is 16.9 Å². The van der Waals surface area contributed by atoms with E-state index in [1.807, 2.05) is 48.7 Å². The van der Waals surface area contributed by atoms with Crippen LogP contribution >= 0.6 is 0 Å². The molecule has 2 aromatic carbocycles. The maximum Gasteiger partial charge on any atom is 0.116 e. The number of phenolic OH excluding ortho intramolecular Hbond substituents is 1. The Morgan fingerprint density at radius 3 is 2.80 bits per heavy atom. The number of nitrogens with zero attached hydrogens (tertiary/aromatic N) is 1. The Morgan fingerprint density at radius 1 is 1.04 bits per heavy atom. The van der Waals surface area contributed by atoms with Crippen molar-refractivity contribution in [2.75, 3.05) is 0 Å². The van der Waals surface area contributed by atoms with Gasteiger partial charge in [0.15, 0.2) is 0 Å². The van der Waals surface area contributed by atoms with Crippen LogP contribution in [0.1, 0.15) is 17.2 Å². The lowest BCUT2D eigenvalue weighted by Gasteiger charge is -2.14. The third-order valence-electron chi connectivity index (χ3n) is 4.38. The molecule has 4 heteroatoms. The van der Waals surface area contributed by atoms with Crippen LogP contribution < -0.4 is 0 Å². The second kappa shape index (κ2) is 6.42. The molecule has 4 rings (SSSR count). The second-order valence-corrected chi connectivity index (χ2v) is 6.14. The van der Waals surface area contributed by atoms with Crippen LogP contribution in [0, 0.1) is 0 Å². The van der Waals surface area contributed by atoms with Gasteiger partial charge in [-0.1, -0.05) is 18.2 Å². The van der Waals surface area contributed by atoms with E-state index in [0.29, 0.717) is 12.0 Å².